The van der Waals surface area contributed by atoms with Crippen LogP contribution in [-0.4, -0.2) is 73.8 Å². The second kappa shape index (κ2) is 9.55. The van der Waals surface area contributed by atoms with Gasteiger partial charge in [0, 0.05) is 49.4 Å². The first-order chi connectivity index (χ1) is 17.9. The van der Waals surface area contributed by atoms with E-state index >= 15 is 0 Å². The number of ether oxygens (including phenoxy) is 1. The van der Waals surface area contributed by atoms with Gasteiger partial charge in [-0.05, 0) is 63.7 Å². The number of likely N-dealkylation sites (tertiary alicyclic amines) is 2. The van der Waals surface area contributed by atoms with Gasteiger partial charge in [-0.2, -0.15) is 13.9 Å². The third kappa shape index (κ3) is 4.99. The van der Waals surface area contributed by atoms with E-state index in [9.17, 15) is 13.6 Å². The van der Waals surface area contributed by atoms with Crippen molar-refractivity contribution in [3.8, 4) is 28.4 Å². The molecule has 3 aliphatic rings. The highest BCUT2D eigenvalue weighted by Crippen LogP contribution is 2.43. The van der Waals surface area contributed by atoms with Crippen LogP contribution in [0.4, 0.5) is 8.78 Å². The SMILES string of the molecule is CC(F)(F)Oc1cccc(-c2nc(-c3cn[nH]c3)c(C(=O)N3CCC(N4CCCC4)CC3)n2C2CC2)c1. The molecule has 10 heteroatoms. The molecule has 37 heavy (non-hydrogen) atoms. The highest BCUT2D eigenvalue weighted by molar-refractivity contribution is 5.99. The van der Waals surface area contributed by atoms with Crippen LogP contribution >= 0.6 is 0 Å². The van der Waals surface area contributed by atoms with E-state index in [1.165, 1.54) is 18.9 Å². The summed E-state index contributed by atoms with van der Waals surface area (Å²) < 4.78 is 33.9. The lowest BCUT2D eigenvalue weighted by Gasteiger charge is -2.36. The van der Waals surface area contributed by atoms with Gasteiger partial charge < -0.3 is 19.1 Å². The number of piperidine rings is 1. The van der Waals surface area contributed by atoms with Crippen molar-refractivity contribution < 1.29 is 18.3 Å². The van der Waals surface area contributed by atoms with E-state index in [0.717, 1.165) is 44.3 Å². The van der Waals surface area contributed by atoms with Crippen LogP contribution < -0.4 is 4.74 Å². The molecule has 0 bridgehead atoms. The summed E-state index contributed by atoms with van der Waals surface area (Å²) >= 11 is 0. The molecule has 1 aromatic carbocycles. The van der Waals surface area contributed by atoms with Crippen molar-refractivity contribution in [2.75, 3.05) is 26.2 Å². The maximum atomic E-state index is 14.1. The molecule has 0 atom stereocenters. The van der Waals surface area contributed by atoms with Gasteiger partial charge in [-0.3, -0.25) is 9.89 Å². The number of carbonyl (C=O) groups excluding carboxylic acids is 1. The molecule has 4 heterocycles. The normalized spacial score (nSPS) is 19.5. The lowest BCUT2D eigenvalue weighted by Crippen LogP contribution is -2.46. The van der Waals surface area contributed by atoms with E-state index in [-0.39, 0.29) is 17.7 Å². The molecule has 1 amide bonds. The number of nitrogens with one attached hydrogen (secondary N) is 1. The van der Waals surface area contributed by atoms with Gasteiger partial charge in [0.15, 0.2) is 0 Å². The predicted molar refractivity (Wildman–Crippen MR) is 134 cm³/mol. The van der Waals surface area contributed by atoms with Gasteiger partial charge in [0.2, 0.25) is 0 Å². The summed E-state index contributed by atoms with van der Waals surface area (Å²) in [7, 11) is 0. The standard InChI is InChI=1S/C27H32F2N6O2/c1-27(28,29)37-22-6-4-5-18(15-22)25-32-23(19-16-30-31-17-19)24(35(25)21-7-8-21)26(36)34-13-9-20(10-14-34)33-11-2-3-12-33/h4-6,15-17,20-21H,2-3,7-14H2,1H3,(H,30,31). The summed E-state index contributed by atoms with van der Waals surface area (Å²) in [6.07, 6.45) is 6.45. The molecule has 1 aliphatic carbocycles. The Balaban J connectivity index is 1.36. The van der Waals surface area contributed by atoms with Crippen molar-refractivity contribution in [3.63, 3.8) is 0 Å². The number of aromatic nitrogens is 4. The van der Waals surface area contributed by atoms with E-state index < -0.39 is 6.11 Å². The summed E-state index contributed by atoms with van der Waals surface area (Å²) in [6, 6.07) is 7.23. The number of alkyl halides is 2. The number of hydrogen-bond acceptors (Lipinski definition) is 5. The molecule has 2 aromatic heterocycles. The molecule has 0 spiro atoms. The van der Waals surface area contributed by atoms with Crippen molar-refractivity contribution in [2.45, 2.75) is 63.6 Å². The Labute approximate surface area is 214 Å². The number of H-pyrrole nitrogens is 1. The fourth-order valence-corrected chi connectivity index (χ4v) is 5.71. The third-order valence-electron chi connectivity index (χ3n) is 7.60. The number of amides is 1. The summed E-state index contributed by atoms with van der Waals surface area (Å²) in [5.41, 5.74) is 2.47. The van der Waals surface area contributed by atoms with E-state index in [2.05, 4.69) is 15.1 Å². The molecule has 3 aromatic rings. The molecule has 2 saturated heterocycles. The number of rotatable bonds is 7. The van der Waals surface area contributed by atoms with Crippen LogP contribution in [0.1, 0.15) is 62.0 Å². The van der Waals surface area contributed by atoms with Gasteiger partial charge in [-0.25, -0.2) is 4.98 Å². The lowest BCUT2D eigenvalue weighted by molar-refractivity contribution is -0.158. The number of halogens is 2. The Morgan fingerprint density at radius 1 is 1.05 bits per heavy atom. The number of nitrogens with zero attached hydrogens (tertiary/aromatic N) is 5. The molecule has 1 saturated carbocycles. The van der Waals surface area contributed by atoms with Crippen molar-refractivity contribution in [3.05, 3.63) is 42.4 Å². The van der Waals surface area contributed by atoms with Crippen molar-refractivity contribution in [2.24, 2.45) is 0 Å². The Kier molecular flexibility index (Phi) is 6.22. The molecule has 0 unspecified atom stereocenters. The first-order valence-corrected chi connectivity index (χ1v) is 13.2. The van der Waals surface area contributed by atoms with E-state index in [1.807, 2.05) is 15.5 Å². The average molecular weight is 511 g/mol. The van der Waals surface area contributed by atoms with Crippen LogP contribution in [0.2, 0.25) is 0 Å². The largest absolute Gasteiger partial charge is 0.433 e. The molecule has 1 N–H and O–H groups in total. The van der Waals surface area contributed by atoms with Crippen LogP contribution in [0.3, 0.4) is 0 Å². The number of imidazole rings is 1. The van der Waals surface area contributed by atoms with Crippen LogP contribution in [0, 0.1) is 0 Å². The summed E-state index contributed by atoms with van der Waals surface area (Å²) in [5, 5.41) is 6.91. The van der Waals surface area contributed by atoms with Gasteiger partial charge in [0.25, 0.3) is 5.91 Å². The number of benzene rings is 1. The topological polar surface area (TPSA) is 79.3 Å². The minimum absolute atomic E-state index is 0.0331. The molecule has 6 rings (SSSR count). The second-order valence-electron chi connectivity index (χ2n) is 10.4. The molecular weight excluding hydrogens is 478 g/mol. The summed E-state index contributed by atoms with van der Waals surface area (Å²) in [6.45, 7) is 4.46. The van der Waals surface area contributed by atoms with E-state index in [1.54, 1.807) is 24.5 Å². The quantitative estimate of drug-likeness (QED) is 0.486. The predicted octanol–water partition coefficient (Wildman–Crippen LogP) is 4.97. The van der Waals surface area contributed by atoms with Crippen LogP contribution in [0.5, 0.6) is 5.75 Å². The van der Waals surface area contributed by atoms with Crippen LogP contribution in [0.25, 0.3) is 22.6 Å². The maximum absolute atomic E-state index is 14.1. The zero-order valence-electron chi connectivity index (χ0n) is 21.0. The first-order valence-electron chi connectivity index (χ1n) is 13.2. The number of aromatic amines is 1. The maximum Gasteiger partial charge on any atom is 0.394 e. The van der Waals surface area contributed by atoms with E-state index in [4.69, 9.17) is 9.72 Å². The van der Waals surface area contributed by atoms with Gasteiger partial charge in [0.05, 0.1) is 6.20 Å². The highest BCUT2D eigenvalue weighted by Gasteiger charge is 2.37. The molecule has 3 fully saturated rings. The molecule has 8 nitrogen and oxygen atoms in total. The zero-order valence-corrected chi connectivity index (χ0v) is 21.0. The molecule has 196 valence electrons. The Hall–Kier alpha value is -3.27. The highest BCUT2D eigenvalue weighted by atomic mass is 19.3. The van der Waals surface area contributed by atoms with E-state index in [0.29, 0.717) is 48.8 Å². The summed E-state index contributed by atoms with van der Waals surface area (Å²) in [4.78, 5) is 23.5. The van der Waals surface area contributed by atoms with Gasteiger partial charge >= 0.3 is 6.11 Å². The fourth-order valence-electron chi connectivity index (χ4n) is 5.71. The third-order valence-corrected chi connectivity index (χ3v) is 7.60. The molecule has 0 radical (unpaired) electrons. The van der Waals surface area contributed by atoms with Crippen LogP contribution in [-0.2, 0) is 0 Å². The van der Waals surface area contributed by atoms with Gasteiger partial charge in [0.1, 0.15) is 23.0 Å². The molecule has 2 aliphatic heterocycles. The minimum atomic E-state index is -3.30. The van der Waals surface area contributed by atoms with Crippen molar-refractivity contribution in [1.29, 1.82) is 0 Å². The zero-order chi connectivity index (χ0) is 25.6. The summed E-state index contributed by atoms with van der Waals surface area (Å²) in [5.74, 6) is 0.602. The van der Waals surface area contributed by atoms with Gasteiger partial charge in [-0.1, -0.05) is 12.1 Å². The Morgan fingerprint density at radius 3 is 2.46 bits per heavy atom. The molecular formula is C27H32F2N6O2. The van der Waals surface area contributed by atoms with Crippen molar-refractivity contribution in [1.82, 2.24) is 29.5 Å². The van der Waals surface area contributed by atoms with Gasteiger partial charge in [-0.15, -0.1) is 0 Å². The second-order valence-corrected chi connectivity index (χ2v) is 10.4. The van der Waals surface area contributed by atoms with Crippen LogP contribution in [0.15, 0.2) is 36.7 Å². The number of carbonyl (C=O) groups is 1. The first kappa shape index (κ1) is 24.1. The Bertz CT molecular complexity index is 1250. The Morgan fingerprint density at radius 2 is 1.81 bits per heavy atom. The number of hydrogen-bond donors (Lipinski definition) is 1. The fraction of sp³-hybridized carbons (Fsp3) is 0.519. The lowest BCUT2D eigenvalue weighted by atomic mass is 10.0. The average Bonchev–Trinajstić information content (AvgIpc) is 3.29. The van der Waals surface area contributed by atoms with Crippen molar-refractivity contribution >= 4 is 5.91 Å². The monoisotopic (exact) mass is 510 g/mol. The minimum Gasteiger partial charge on any atom is -0.433 e. The smallest absolute Gasteiger partial charge is 0.394 e.